The molecule has 142 valence electrons. The molecule has 1 unspecified atom stereocenters. The Morgan fingerprint density at radius 1 is 1.23 bits per heavy atom. The lowest BCUT2D eigenvalue weighted by Gasteiger charge is -2.34. The van der Waals surface area contributed by atoms with Gasteiger partial charge in [-0.15, -0.1) is 0 Å². The molecular formula is C18H22Cl2N2O4. The van der Waals surface area contributed by atoms with Gasteiger partial charge in [-0.3, -0.25) is 14.4 Å². The number of carbonyl (C=O) groups excluding carboxylic acids is 3. The Bertz CT molecular complexity index is 661. The number of ether oxygens (including phenoxy) is 1. The Morgan fingerprint density at radius 3 is 2.58 bits per heavy atom. The minimum atomic E-state index is -0.910. The number of nitrogens with zero attached hydrogens (tertiary/aromatic N) is 1. The van der Waals surface area contributed by atoms with Gasteiger partial charge in [0.2, 0.25) is 5.91 Å². The van der Waals surface area contributed by atoms with Crippen molar-refractivity contribution in [3.05, 3.63) is 33.8 Å². The van der Waals surface area contributed by atoms with Crippen LogP contribution in [0.4, 0.5) is 0 Å². The molecule has 0 bridgehead atoms. The minimum absolute atomic E-state index is 0.183. The SMILES string of the molecule is CCCCCOC(=O)CC1C(=O)NCCN1C(=O)c1cc(Cl)cc(Cl)c1. The normalized spacial score (nSPS) is 17.0. The molecule has 8 heteroatoms. The van der Waals surface area contributed by atoms with Crippen molar-refractivity contribution in [2.75, 3.05) is 19.7 Å². The third-order valence-electron chi connectivity index (χ3n) is 4.07. The van der Waals surface area contributed by atoms with Gasteiger partial charge in [-0.1, -0.05) is 43.0 Å². The van der Waals surface area contributed by atoms with E-state index >= 15 is 0 Å². The number of unbranched alkanes of at least 4 members (excludes halogenated alkanes) is 2. The first-order valence-corrected chi connectivity index (χ1v) is 9.38. The number of hydrogen-bond acceptors (Lipinski definition) is 4. The first kappa shape index (κ1) is 20.5. The number of hydrogen-bond donors (Lipinski definition) is 1. The Labute approximate surface area is 162 Å². The summed E-state index contributed by atoms with van der Waals surface area (Å²) in [7, 11) is 0. The predicted molar refractivity (Wildman–Crippen MR) is 99.4 cm³/mol. The Hall–Kier alpha value is -1.79. The largest absolute Gasteiger partial charge is 0.466 e. The van der Waals surface area contributed by atoms with Gasteiger partial charge in [0.05, 0.1) is 13.0 Å². The smallest absolute Gasteiger partial charge is 0.308 e. The summed E-state index contributed by atoms with van der Waals surface area (Å²) in [5.41, 5.74) is 0.276. The topological polar surface area (TPSA) is 75.7 Å². The molecule has 1 aliphatic rings. The van der Waals surface area contributed by atoms with Gasteiger partial charge in [-0.25, -0.2) is 0 Å². The van der Waals surface area contributed by atoms with Gasteiger partial charge < -0.3 is 15.0 Å². The minimum Gasteiger partial charge on any atom is -0.466 e. The first-order valence-electron chi connectivity index (χ1n) is 8.62. The fourth-order valence-electron chi connectivity index (χ4n) is 2.76. The molecule has 1 atom stereocenters. The monoisotopic (exact) mass is 400 g/mol. The highest BCUT2D eigenvalue weighted by Gasteiger charge is 2.35. The molecule has 6 nitrogen and oxygen atoms in total. The summed E-state index contributed by atoms with van der Waals surface area (Å²) >= 11 is 11.9. The third kappa shape index (κ3) is 5.61. The van der Waals surface area contributed by atoms with Crippen LogP contribution in [0, 0.1) is 0 Å². The number of carbonyl (C=O) groups is 3. The summed E-state index contributed by atoms with van der Waals surface area (Å²) in [6.07, 6.45) is 2.59. The maximum absolute atomic E-state index is 12.8. The maximum Gasteiger partial charge on any atom is 0.308 e. The molecule has 1 aromatic rings. The van der Waals surface area contributed by atoms with Gasteiger partial charge >= 0.3 is 5.97 Å². The average molecular weight is 401 g/mol. The van der Waals surface area contributed by atoms with Gasteiger partial charge in [0.25, 0.3) is 5.91 Å². The summed E-state index contributed by atoms with van der Waals surface area (Å²) in [4.78, 5) is 38.5. The highest BCUT2D eigenvalue weighted by Crippen LogP contribution is 2.22. The van der Waals surface area contributed by atoms with Crippen molar-refractivity contribution in [1.82, 2.24) is 10.2 Å². The number of rotatable bonds is 7. The second-order valence-corrected chi connectivity index (χ2v) is 6.97. The van der Waals surface area contributed by atoms with E-state index in [-0.39, 0.29) is 17.9 Å². The zero-order chi connectivity index (χ0) is 19.1. The van der Waals surface area contributed by atoms with E-state index in [0.717, 1.165) is 19.3 Å². The van der Waals surface area contributed by atoms with E-state index in [9.17, 15) is 14.4 Å². The molecule has 0 aromatic heterocycles. The van der Waals surface area contributed by atoms with Crippen LogP contribution >= 0.6 is 23.2 Å². The lowest BCUT2D eigenvalue weighted by molar-refractivity contribution is -0.147. The Kier molecular flexibility index (Phi) is 7.72. The van der Waals surface area contributed by atoms with Crippen molar-refractivity contribution in [2.45, 2.75) is 38.6 Å². The Balaban J connectivity index is 2.08. The van der Waals surface area contributed by atoms with Crippen molar-refractivity contribution < 1.29 is 19.1 Å². The summed E-state index contributed by atoms with van der Waals surface area (Å²) in [5, 5.41) is 3.34. The molecule has 2 amide bonds. The van der Waals surface area contributed by atoms with Crippen LogP contribution in [0.15, 0.2) is 18.2 Å². The van der Waals surface area contributed by atoms with E-state index < -0.39 is 17.9 Å². The number of benzene rings is 1. The molecule has 0 spiro atoms. The van der Waals surface area contributed by atoms with Gasteiger partial charge in [0, 0.05) is 28.7 Å². The first-order chi connectivity index (χ1) is 12.4. The molecule has 2 rings (SSSR count). The van der Waals surface area contributed by atoms with Crippen molar-refractivity contribution >= 4 is 41.0 Å². The van der Waals surface area contributed by atoms with Gasteiger partial charge in [0.1, 0.15) is 6.04 Å². The molecule has 0 radical (unpaired) electrons. The van der Waals surface area contributed by atoms with Crippen LogP contribution in [0.1, 0.15) is 43.0 Å². The fraction of sp³-hybridized carbons (Fsp3) is 0.500. The quantitative estimate of drug-likeness (QED) is 0.563. The van der Waals surface area contributed by atoms with Crippen molar-refractivity contribution in [3.63, 3.8) is 0 Å². The number of nitrogens with one attached hydrogen (secondary N) is 1. The van der Waals surface area contributed by atoms with E-state index in [1.807, 2.05) is 0 Å². The molecule has 1 N–H and O–H groups in total. The highest BCUT2D eigenvalue weighted by molar-refractivity contribution is 6.35. The van der Waals surface area contributed by atoms with Crippen LogP contribution in [0.3, 0.4) is 0 Å². The molecule has 0 aliphatic carbocycles. The van der Waals surface area contributed by atoms with Crippen LogP contribution in [0.25, 0.3) is 0 Å². The van der Waals surface area contributed by atoms with Crippen LogP contribution < -0.4 is 5.32 Å². The summed E-state index contributed by atoms with van der Waals surface area (Å²) in [6.45, 7) is 2.99. The van der Waals surface area contributed by atoms with E-state index in [0.29, 0.717) is 29.7 Å². The molecule has 26 heavy (non-hydrogen) atoms. The van der Waals surface area contributed by atoms with Gasteiger partial charge in [-0.05, 0) is 24.6 Å². The zero-order valence-electron chi connectivity index (χ0n) is 14.6. The second kappa shape index (κ2) is 9.78. The average Bonchev–Trinajstić information content (AvgIpc) is 2.59. The summed E-state index contributed by atoms with van der Waals surface area (Å²) < 4.78 is 5.17. The molecule has 1 aromatic carbocycles. The van der Waals surface area contributed by atoms with E-state index in [1.165, 1.54) is 23.1 Å². The summed E-state index contributed by atoms with van der Waals surface area (Å²) in [6, 6.07) is 3.59. The van der Waals surface area contributed by atoms with Gasteiger partial charge in [0.15, 0.2) is 0 Å². The van der Waals surface area contributed by atoms with Crippen LogP contribution in [-0.2, 0) is 14.3 Å². The number of halogens is 2. The Morgan fingerprint density at radius 2 is 1.92 bits per heavy atom. The van der Waals surface area contributed by atoms with Crippen molar-refractivity contribution in [2.24, 2.45) is 0 Å². The predicted octanol–water partition coefficient (Wildman–Crippen LogP) is 3.06. The molecule has 1 fully saturated rings. The lowest BCUT2D eigenvalue weighted by atomic mass is 10.1. The molecule has 1 heterocycles. The van der Waals surface area contributed by atoms with E-state index in [2.05, 4.69) is 12.2 Å². The van der Waals surface area contributed by atoms with Crippen LogP contribution in [-0.4, -0.2) is 48.4 Å². The van der Waals surface area contributed by atoms with Gasteiger partial charge in [-0.2, -0.15) is 0 Å². The van der Waals surface area contributed by atoms with Crippen LogP contribution in [0.5, 0.6) is 0 Å². The van der Waals surface area contributed by atoms with Crippen molar-refractivity contribution in [3.8, 4) is 0 Å². The van der Waals surface area contributed by atoms with E-state index in [1.54, 1.807) is 0 Å². The summed E-state index contributed by atoms with van der Waals surface area (Å²) in [5.74, 6) is -1.26. The second-order valence-electron chi connectivity index (χ2n) is 6.10. The third-order valence-corrected chi connectivity index (χ3v) is 4.51. The lowest BCUT2D eigenvalue weighted by Crippen LogP contribution is -2.57. The zero-order valence-corrected chi connectivity index (χ0v) is 16.1. The standard InChI is InChI=1S/C18H22Cl2N2O4/c1-2-3-4-7-26-16(23)11-15-17(24)21-5-6-22(15)18(25)12-8-13(19)10-14(20)9-12/h8-10,15H,2-7,11H2,1H3,(H,21,24). The van der Waals surface area contributed by atoms with Crippen molar-refractivity contribution in [1.29, 1.82) is 0 Å². The number of piperazine rings is 1. The number of esters is 1. The highest BCUT2D eigenvalue weighted by atomic mass is 35.5. The molecule has 1 saturated heterocycles. The fourth-order valence-corrected chi connectivity index (χ4v) is 3.28. The number of amides is 2. The van der Waals surface area contributed by atoms with Crippen LogP contribution in [0.2, 0.25) is 10.0 Å². The molecule has 1 aliphatic heterocycles. The maximum atomic E-state index is 12.8. The molecule has 0 saturated carbocycles. The van der Waals surface area contributed by atoms with E-state index in [4.69, 9.17) is 27.9 Å². The molecular weight excluding hydrogens is 379 g/mol.